The molecule has 1 aromatic heterocycles. The fourth-order valence-electron chi connectivity index (χ4n) is 2.71. The van der Waals surface area contributed by atoms with Crippen LogP contribution in [-0.2, 0) is 0 Å². The summed E-state index contributed by atoms with van der Waals surface area (Å²) >= 11 is 0. The van der Waals surface area contributed by atoms with Crippen molar-refractivity contribution in [1.82, 2.24) is 15.3 Å². The Bertz CT molecular complexity index is 623. The van der Waals surface area contributed by atoms with Crippen LogP contribution in [0.25, 0.3) is 11.3 Å². The van der Waals surface area contributed by atoms with Crippen molar-refractivity contribution >= 4 is 11.6 Å². The van der Waals surface area contributed by atoms with Crippen LogP contribution in [0.5, 0.6) is 0 Å². The van der Waals surface area contributed by atoms with E-state index in [0.29, 0.717) is 6.04 Å². The van der Waals surface area contributed by atoms with Crippen LogP contribution in [0, 0.1) is 0 Å². The van der Waals surface area contributed by atoms with E-state index in [2.05, 4.69) is 51.3 Å². The third-order valence-electron chi connectivity index (χ3n) is 3.97. The summed E-state index contributed by atoms with van der Waals surface area (Å²) in [5.74, 6) is 0.822. The minimum atomic E-state index is 0.473. The first-order valence-electron chi connectivity index (χ1n) is 7.72. The van der Waals surface area contributed by atoms with E-state index >= 15 is 0 Å². The summed E-state index contributed by atoms with van der Waals surface area (Å²) in [4.78, 5) is 13.5. The first-order chi connectivity index (χ1) is 10.6. The van der Waals surface area contributed by atoms with Gasteiger partial charge in [0.2, 0.25) is 5.95 Å². The molecule has 0 radical (unpaired) electrons. The average Bonchev–Trinajstić information content (AvgIpc) is 2.55. The Balaban J connectivity index is 1.84. The Kier molecular flexibility index (Phi) is 4.24. The number of nitrogens with zero attached hydrogens (tertiary/aromatic N) is 4. The molecule has 0 unspecified atom stereocenters. The molecule has 0 spiro atoms. The second-order valence-corrected chi connectivity index (χ2v) is 5.98. The highest BCUT2D eigenvalue weighted by Gasteiger charge is 2.18. The molecule has 5 nitrogen and oxygen atoms in total. The zero-order valence-electron chi connectivity index (χ0n) is 13.5. The lowest BCUT2D eigenvalue weighted by atomic mass is 10.1. The van der Waals surface area contributed by atoms with E-state index in [1.54, 1.807) is 0 Å². The highest BCUT2D eigenvalue weighted by molar-refractivity contribution is 5.63. The lowest BCUT2D eigenvalue weighted by Gasteiger charge is -2.31. The van der Waals surface area contributed by atoms with E-state index in [4.69, 9.17) is 4.98 Å². The molecule has 3 rings (SSSR count). The van der Waals surface area contributed by atoms with Gasteiger partial charge in [-0.25, -0.2) is 9.97 Å². The van der Waals surface area contributed by atoms with Gasteiger partial charge in [-0.15, -0.1) is 0 Å². The monoisotopic (exact) mass is 297 g/mol. The topological polar surface area (TPSA) is 44.3 Å². The maximum atomic E-state index is 4.75. The van der Waals surface area contributed by atoms with Crippen molar-refractivity contribution < 1.29 is 0 Å². The van der Waals surface area contributed by atoms with Crippen LogP contribution in [0.1, 0.15) is 6.92 Å². The molecule has 1 aromatic carbocycles. The first kappa shape index (κ1) is 14.8. The number of rotatable bonds is 3. The minimum Gasteiger partial charge on any atom is -0.378 e. The number of nitrogens with one attached hydrogen (secondary N) is 1. The number of benzene rings is 1. The highest BCUT2D eigenvalue weighted by atomic mass is 15.3. The molecule has 1 N–H and O–H groups in total. The molecule has 0 saturated carbocycles. The van der Waals surface area contributed by atoms with Crippen molar-refractivity contribution in [3.05, 3.63) is 36.5 Å². The second-order valence-electron chi connectivity index (χ2n) is 5.98. The molecule has 1 fully saturated rings. The van der Waals surface area contributed by atoms with Gasteiger partial charge in [-0.1, -0.05) is 12.1 Å². The molecule has 1 saturated heterocycles. The van der Waals surface area contributed by atoms with E-state index in [9.17, 15) is 0 Å². The Hall–Kier alpha value is -2.14. The lowest BCUT2D eigenvalue weighted by molar-refractivity contribution is 0.479. The second kappa shape index (κ2) is 6.32. The fourth-order valence-corrected chi connectivity index (χ4v) is 2.71. The van der Waals surface area contributed by atoms with Crippen LogP contribution >= 0.6 is 0 Å². The van der Waals surface area contributed by atoms with Gasteiger partial charge in [0.05, 0.1) is 5.69 Å². The maximum absolute atomic E-state index is 4.75. The van der Waals surface area contributed by atoms with Crippen molar-refractivity contribution in [3.8, 4) is 11.3 Å². The predicted molar refractivity (Wildman–Crippen MR) is 91.5 cm³/mol. The van der Waals surface area contributed by atoms with Gasteiger partial charge in [0, 0.05) is 57.2 Å². The summed E-state index contributed by atoms with van der Waals surface area (Å²) in [6.07, 6.45) is 1.85. The van der Waals surface area contributed by atoms with Crippen molar-refractivity contribution in [1.29, 1.82) is 0 Å². The van der Waals surface area contributed by atoms with E-state index < -0.39 is 0 Å². The summed E-state index contributed by atoms with van der Waals surface area (Å²) in [6, 6.07) is 10.9. The minimum absolute atomic E-state index is 0.473. The molecule has 0 bridgehead atoms. The molecule has 1 atom stereocenters. The Morgan fingerprint density at radius 1 is 1.18 bits per heavy atom. The molecule has 0 amide bonds. The summed E-state index contributed by atoms with van der Waals surface area (Å²) in [6.45, 7) is 5.07. The van der Waals surface area contributed by atoms with Gasteiger partial charge < -0.3 is 15.1 Å². The number of hydrogen-bond donors (Lipinski definition) is 1. The van der Waals surface area contributed by atoms with Gasteiger partial charge in [0.25, 0.3) is 0 Å². The number of piperazine rings is 1. The van der Waals surface area contributed by atoms with E-state index in [1.807, 2.05) is 26.4 Å². The number of aromatic nitrogens is 2. The van der Waals surface area contributed by atoms with Gasteiger partial charge in [0.15, 0.2) is 0 Å². The molecule has 1 aliphatic heterocycles. The zero-order valence-corrected chi connectivity index (χ0v) is 13.5. The molecule has 5 heteroatoms. The highest BCUT2D eigenvalue weighted by Crippen LogP contribution is 2.22. The van der Waals surface area contributed by atoms with E-state index in [0.717, 1.165) is 36.8 Å². The summed E-state index contributed by atoms with van der Waals surface area (Å²) < 4.78 is 0. The standard InChI is InChI=1S/C17H23N5/c1-13-12-22(11-10-18-13)17-19-9-8-16(20-17)14-4-6-15(7-5-14)21(2)3/h4-9,13,18H,10-12H2,1-3H3/t13-/m1/s1. The Morgan fingerprint density at radius 3 is 2.64 bits per heavy atom. The first-order valence-corrected chi connectivity index (χ1v) is 7.72. The smallest absolute Gasteiger partial charge is 0.225 e. The molecule has 2 heterocycles. The predicted octanol–water partition coefficient (Wildman–Crippen LogP) is 2.01. The van der Waals surface area contributed by atoms with Crippen molar-refractivity contribution in [3.63, 3.8) is 0 Å². The number of hydrogen-bond acceptors (Lipinski definition) is 5. The van der Waals surface area contributed by atoms with Crippen molar-refractivity contribution in [2.24, 2.45) is 0 Å². The molecule has 1 aliphatic rings. The number of anilines is 2. The summed E-state index contributed by atoms with van der Waals surface area (Å²) in [5, 5.41) is 3.44. The average molecular weight is 297 g/mol. The Labute approximate surface area is 132 Å². The summed E-state index contributed by atoms with van der Waals surface area (Å²) in [7, 11) is 4.09. The van der Waals surface area contributed by atoms with Crippen LogP contribution in [0.15, 0.2) is 36.5 Å². The fraction of sp³-hybridized carbons (Fsp3) is 0.412. The van der Waals surface area contributed by atoms with Crippen LogP contribution in [0.4, 0.5) is 11.6 Å². The van der Waals surface area contributed by atoms with Crippen LogP contribution in [0.3, 0.4) is 0 Å². The molecular weight excluding hydrogens is 274 g/mol. The molecular formula is C17H23N5. The molecule has 2 aromatic rings. The van der Waals surface area contributed by atoms with Crippen molar-refractivity contribution in [2.45, 2.75) is 13.0 Å². The largest absolute Gasteiger partial charge is 0.378 e. The van der Waals surface area contributed by atoms with Gasteiger partial charge in [0.1, 0.15) is 0 Å². The van der Waals surface area contributed by atoms with Crippen molar-refractivity contribution in [2.75, 3.05) is 43.5 Å². The van der Waals surface area contributed by atoms with Gasteiger partial charge in [-0.3, -0.25) is 0 Å². The maximum Gasteiger partial charge on any atom is 0.225 e. The lowest BCUT2D eigenvalue weighted by Crippen LogP contribution is -2.49. The van der Waals surface area contributed by atoms with E-state index in [-0.39, 0.29) is 0 Å². The molecule has 22 heavy (non-hydrogen) atoms. The quantitative estimate of drug-likeness (QED) is 0.939. The zero-order chi connectivity index (χ0) is 15.5. The molecule has 0 aliphatic carbocycles. The van der Waals surface area contributed by atoms with E-state index in [1.165, 1.54) is 5.69 Å². The third-order valence-corrected chi connectivity index (χ3v) is 3.97. The summed E-state index contributed by atoms with van der Waals surface area (Å²) in [5.41, 5.74) is 3.29. The van der Waals surface area contributed by atoms with Crippen LogP contribution in [-0.4, -0.2) is 49.7 Å². The van der Waals surface area contributed by atoms with Gasteiger partial charge in [-0.05, 0) is 25.1 Å². The van der Waals surface area contributed by atoms with Gasteiger partial charge in [-0.2, -0.15) is 0 Å². The SMILES string of the molecule is C[C@@H]1CN(c2nccc(-c3ccc(N(C)C)cc3)n2)CCN1. The molecule has 116 valence electrons. The third kappa shape index (κ3) is 3.20. The Morgan fingerprint density at radius 2 is 1.95 bits per heavy atom. The van der Waals surface area contributed by atoms with Crippen LogP contribution < -0.4 is 15.1 Å². The van der Waals surface area contributed by atoms with Crippen LogP contribution in [0.2, 0.25) is 0 Å². The normalized spacial score (nSPS) is 18.3. The van der Waals surface area contributed by atoms with Gasteiger partial charge >= 0.3 is 0 Å².